The number of nitrogens with one attached hydrogen (secondary N) is 2. The molecular weight excluding hydrogens is 280 g/mol. The van der Waals surface area contributed by atoms with Gasteiger partial charge >= 0.3 is 5.97 Å². The molecule has 0 aromatic carbocycles. The van der Waals surface area contributed by atoms with E-state index in [9.17, 15) is 18.0 Å². The molecule has 0 bridgehead atoms. The third-order valence-electron chi connectivity index (χ3n) is 2.16. The van der Waals surface area contributed by atoms with Crippen LogP contribution in [0.3, 0.4) is 0 Å². The average molecular weight is 292 g/mol. The van der Waals surface area contributed by atoms with E-state index in [-0.39, 0.29) is 5.69 Å². The summed E-state index contributed by atoms with van der Waals surface area (Å²) < 4.78 is 25.6. The molecule has 106 valence electrons. The number of hydrogen-bond donors (Lipinski definition) is 5. The van der Waals surface area contributed by atoms with Gasteiger partial charge in [-0.15, -0.1) is 0 Å². The van der Waals surface area contributed by atoms with E-state index in [1.54, 1.807) is 0 Å². The first-order chi connectivity index (χ1) is 8.66. The molecule has 0 spiro atoms. The maximum atomic E-state index is 11.9. The monoisotopic (exact) mass is 292 g/mol. The van der Waals surface area contributed by atoms with Gasteiger partial charge in [0.2, 0.25) is 15.9 Å². The summed E-state index contributed by atoms with van der Waals surface area (Å²) in [5.41, 5.74) is 4.09. The van der Waals surface area contributed by atoms with E-state index in [4.69, 9.17) is 15.9 Å². The van der Waals surface area contributed by atoms with Crippen LogP contribution in [-0.2, 0) is 14.8 Å². The van der Waals surface area contributed by atoms with Crippen LogP contribution >= 0.6 is 0 Å². The maximum Gasteiger partial charge on any atom is 0.357 e. The Morgan fingerprint density at radius 3 is 2.58 bits per heavy atom. The van der Waals surface area contributed by atoms with Gasteiger partial charge in [-0.05, 0) is 6.92 Å². The number of primary amides is 1. The van der Waals surface area contributed by atoms with E-state index in [1.807, 2.05) is 4.72 Å². The quantitative estimate of drug-likeness (QED) is 0.386. The molecule has 0 aliphatic rings. The number of amides is 1. The van der Waals surface area contributed by atoms with Gasteiger partial charge in [0.15, 0.2) is 5.69 Å². The average Bonchev–Trinajstić information content (AvgIpc) is 2.68. The summed E-state index contributed by atoms with van der Waals surface area (Å²) in [5, 5.41) is 23.5. The summed E-state index contributed by atoms with van der Waals surface area (Å²) in [6, 6.07) is 0. The summed E-state index contributed by atoms with van der Waals surface area (Å²) in [6.45, 7) is 0.653. The number of H-pyrrole nitrogens is 1. The first-order valence-electron chi connectivity index (χ1n) is 4.92. The highest BCUT2D eigenvalue weighted by molar-refractivity contribution is 7.89. The maximum absolute atomic E-state index is 11.9. The highest BCUT2D eigenvalue weighted by Crippen LogP contribution is 2.17. The molecule has 1 aromatic rings. The van der Waals surface area contributed by atoms with Crippen molar-refractivity contribution in [3.05, 3.63) is 11.4 Å². The lowest BCUT2D eigenvalue weighted by atomic mass is 10.3. The Hall–Kier alpha value is -1.98. The minimum Gasteiger partial charge on any atom is -0.476 e. The minimum atomic E-state index is -4.24. The fourth-order valence-corrected chi connectivity index (χ4v) is 2.61. The number of rotatable bonds is 6. The number of sulfonamides is 1. The highest BCUT2D eigenvalue weighted by Gasteiger charge is 2.28. The predicted molar refractivity (Wildman–Crippen MR) is 60.7 cm³/mol. The molecule has 1 aromatic heterocycles. The van der Waals surface area contributed by atoms with E-state index in [1.165, 1.54) is 6.92 Å². The zero-order chi connectivity index (χ0) is 14.8. The van der Waals surface area contributed by atoms with E-state index in [0.717, 1.165) is 0 Å². The normalized spacial score (nSPS) is 13.2. The lowest BCUT2D eigenvalue weighted by Crippen LogP contribution is -2.40. The zero-order valence-corrected chi connectivity index (χ0v) is 10.6. The summed E-state index contributed by atoms with van der Waals surface area (Å²) in [7, 11) is -4.24. The molecule has 10 nitrogen and oxygen atoms in total. The Morgan fingerprint density at radius 2 is 2.11 bits per heavy atom. The van der Waals surface area contributed by atoms with Crippen molar-refractivity contribution in [3.8, 4) is 0 Å². The summed E-state index contributed by atoms with van der Waals surface area (Å²) in [6.07, 6.45) is -1.71. The van der Waals surface area contributed by atoms with Crippen LogP contribution in [-0.4, -0.2) is 53.4 Å². The smallest absolute Gasteiger partial charge is 0.357 e. The molecule has 1 rings (SSSR count). The molecule has 0 aliphatic carbocycles. The molecule has 0 radical (unpaired) electrons. The van der Waals surface area contributed by atoms with Crippen molar-refractivity contribution in [1.82, 2.24) is 14.9 Å². The number of nitrogens with two attached hydrogens (primary N) is 1. The molecule has 1 unspecified atom stereocenters. The number of carboxylic acids is 1. The zero-order valence-electron chi connectivity index (χ0n) is 9.74. The Labute approximate surface area is 107 Å². The molecule has 1 atom stereocenters. The van der Waals surface area contributed by atoms with Gasteiger partial charge < -0.3 is 15.9 Å². The topological polar surface area (TPSA) is 175 Å². The van der Waals surface area contributed by atoms with Crippen LogP contribution in [0, 0.1) is 6.92 Å². The minimum absolute atomic E-state index is 0.0125. The highest BCUT2D eigenvalue weighted by atomic mass is 32.2. The van der Waals surface area contributed by atoms with Crippen molar-refractivity contribution in [2.75, 3.05) is 6.54 Å². The number of aliphatic hydroxyl groups excluding tert-OH is 1. The number of aliphatic hydroxyl groups is 1. The first kappa shape index (κ1) is 15.1. The van der Waals surface area contributed by atoms with Gasteiger partial charge in [0.1, 0.15) is 11.0 Å². The second kappa shape index (κ2) is 5.34. The van der Waals surface area contributed by atoms with Gasteiger partial charge in [-0.3, -0.25) is 9.89 Å². The van der Waals surface area contributed by atoms with Crippen LogP contribution in [0.15, 0.2) is 4.90 Å². The van der Waals surface area contributed by atoms with Crippen LogP contribution in [0.1, 0.15) is 16.2 Å². The van der Waals surface area contributed by atoms with Crippen molar-refractivity contribution >= 4 is 21.9 Å². The van der Waals surface area contributed by atoms with Crippen molar-refractivity contribution in [2.45, 2.75) is 17.9 Å². The summed E-state index contributed by atoms with van der Waals surface area (Å²) in [4.78, 5) is 20.8. The number of carboxylic acid groups (broad SMARTS) is 1. The lowest BCUT2D eigenvalue weighted by Gasteiger charge is -2.09. The molecule has 0 saturated heterocycles. The number of aromatic carboxylic acids is 1. The molecule has 0 saturated carbocycles. The van der Waals surface area contributed by atoms with Crippen molar-refractivity contribution in [2.24, 2.45) is 5.73 Å². The van der Waals surface area contributed by atoms with Crippen LogP contribution in [0.25, 0.3) is 0 Å². The molecule has 1 heterocycles. The van der Waals surface area contributed by atoms with Gasteiger partial charge in [-0.2, -0.15) is 5.10 Å². The fourth-order valence-electron chi connectivity index (χ4n) is 1.25. The number of aromatic nitrogens is 2. The third-order valence-corrected chi connectivity index (χ3v) is 3.74. The Bertz CT molecular complexity index is 607. The Kier molecular flexibility index (Phi) is 4.24. The van der Waals surface area contributed by atoms with Gasteiger partial charge in [0.25, 0.3) is 0 Å². The van der Waals surface area contributed by atoms with Crippen LogP contribution in [0.5, 0.6) is 0 Å². The van der Waals surface area contributed by atoms with E-state index in [2.05, 4.69) is 10.2 Å². The molecule has 11 heteroatoms. The number of nitrogens with zero attached hydrogens (tertiary/aromatic N) is 1. The van der Waals surface area contributed by atoms with E-state index >= 15 is 0 Å². The molecular formula is C8H12N4O6S. The van der Waals surface area contributed by atoms with Crippen LogP contribution in [0.2, 0.25) is 0 Å². The summed E-state index contributed by atoms with van der Waals surface area (Å²) in [5.74, 6) is -2.63. The number of aromatic amines is 1. The molecule has 0 fully saturated rings. The Balaban J connectivity index is 3.04. The van der Waals surface area contributed by atoms with Gasteiger partial charge in [-0.1, -0.05) is 0 Å². The number of aryl methyl sites for hydroxylation is 1. The second-order valence-electron chi connectivity index (χ2n) is 3.60. The molecule has 0 aliphatic heterocycles. The SMILES string of the molecule is Cc1[nH]nc(C(=O)O)c1S(=O)(=O)NCC(O)C(N)=O. The number of hydrogen-bond acceptors (Lipinski definition) is 6. The Morgan fingerprint density at radius 1 is 1.53 bits per heavy atom. The van der Waals surface area contributed by atoms with Crippen molar-refractivity contribution in [3.63, 3.8) is 0 Å². The number of carbonyl (C=O) groups is 2. The largest absolute Gasteiger partial charge is 0.476 e. The predicted octanol–water partition coefficient (Wildman–Crippen LogP) is -2.46. The molecule has 6 N–H and O–H groups in total. The van der Waals surface area contributed by atoms with Crippen molar-refractivity contribution < 1.29 is 28.2 Å². The molecule has 1 amide bonds. The third kappa shape index (κ3) is 3.27. The van der Waals surface area contributed by atoms with Crippen LogP contribution in [0.4, 0.5) is 0 Å². The van der Waals surface area contributed by atoms with Gasteiger partial charge in [0.05, 0.1) is 5.69 Å². The van der Waals surface area contributed by atoms with Crippen LogP contribution < -0.4 is 10.5 Å². The summed E-state index contributed by atoms with van der Waals surface area (Å²) >= 11 is 0. The number of carbonyl (C=O) groups excluding carboxylic acids is 1. The first-order valence-corrected chi connectivity index (χ1v) is 6.40. The second-order valence-corrected chi connectivity index (χ2v) is 5.31. The van der Waals surface area contributed by atoms with Gasteiger partial charge in [0, 0.05) is 6.54 Å². The fraction of sp³-hybridized carbons (Fsp3) is 0.375. The van der Waals surface area contributed by atoms with Gasteiger partial charge in [-0.25, -0.2) is 17.9 Å². The standard InChI is InChI=1S/C8H12N4O6S/c1-3-6(5(8(15)16)12-11-3)19(17,18)10-2-4(13)7(9)14/h4,10,13H,2H2,1H3,(H2,9,14)(H,11,12)(H,15,16). The lowest BCUT2D eigenvalue weighted by molar-refractivity contribution is -0.125. The molecule has 19 heavy (non-hydrogen) atoms. The van der Waals surface area contributed by atoms with E-state index in [0.29, 0.717) is 0 Å². The van der Waals surface area contributed by atoms with E-state index < -0.39 is 45.1 Å². The van der Waals surface area contributed by atoms with Crippen molar-refractivity contribution in [1.29, 1.82) is 0 Å².